The molecule has 4 rings (SSSR count). The minimum atomic E-state index is -0.385. The van der Waals surface area contributed by atoms with Crippen LogP contribution in [0.4, 0.5) is 4.39 Å². The van der Waals surface area contributed by atoms with E-state index in [0.29, 0.717) is 5.56 Å². The molecule has 1 aliphatic carbocycles. The molecule has 1 heterocycles. The number of hydrogen-bond acceptors (Lipinski definition) is 3. The molecule has 25 heavy (non-hydrogen) atoms. The molecule has 4 nitrogen and oxygen atoms in total. The molecule has 0 N–H and O–H groups in total. The van der Waals surface area contributed by atoms with Crippen molar-refractivity contribution < 1.29 is 13.9 Å². The highest BCUT2D eigenvalue weighted by Crippen LogP contribution is 2.44. The summed E-state index contributed by atoms with van der Waals surface area (Å²) in [6, 6.07) is 12.2. The van der Waals surface area contributed by atoms with Crippen molar-refractivity contribution in [2.24, 2.45) is 11.0 Å². The Bertz CT molecular complexity index is 878. The smallest absolute Gasteiger partial charge is 0.240 e. The number of methoxy groups -OCH3 is 1. The standard InChI is InChI=1S/C20H19FN2O2/c1-12(24)23-20(16-5-3-4-6-18(16)21)17-9-7-13-11-14(25-2)8-10-15(13)19(17)22-23/h3-6,8,10-11,17,20H,7,9H2,1-2H3. The van der Waals surface area contributed by atoms with Gasteiger partial charge in [-0.05, 0) is 42.7 Å². The van der Waals surface area contributed by atoms with Crippen molar-refractivity contribution in [1.29, 1.82) is 0 Å². The molecule has 0 radical (unpaired) electrons. The molecule has 1 amide bonds. The first kappa shape index (κ1) is 15.8. The molecule has 2 aromatic carbocycles. The summed E-state index contributed by atoms with van der Waals surface area (Å²) < 4.78 is 19.7. The van der Waals surface area contributed by atoms with Gasteiger partial charge >= 0.3 is 0 Å². The zero-order chi connectivity index (χ0) is 17.6. The minimum absolute atomic E-state index is 0.00157. The third-order valence-corrected chi connectivity index (χ3v) is 5.07. The highest BCUT2D eigenvalue weighted by Gasteiger charge is 2.43. The first-order chi connectivity index (χ1) is 12.1. The average Bonchev–Trinajstić information content (AvgIpc) is 3.01. The van der Waals surface area contributed by atoms with Crippen molar-refractivity contribution in [2.45, 2.75) is 25.8 Å². The number of rotatable bonds is 2. The molecule has 5 heteroatoms. The molecular weight excluding hydrogens is 319 g/mol. The lowest BCUT2D eigenvalue weighted by Gasteiger charge is -2.29. The summed E-state index contributed by atoms with van der Waals surface area (Å²) in [5.41, 5.74) is 3.58. The fourth-order valence-electron chi connectivity index (χ4n) is 3.92. The van der Waals surface area contributed by atoms with Gasteiger partial charge in [-0.2, -0.15) is 5.10 Å². The van der Waals surface area contributed by atoms with Crippen molar-refractivity contribution in [3.8, 4) is 5.75 Å². The molecule has 2 atom stereocenters. The summed E-state index contributed by atoms with van der Waals surface area (Å²) in [4.78, 5) is 12.2. The van der Waals surface area contributed by atoms with Crippen molar-refractivity contribution in [3.05, 3.63) is 65.0 Å². The maximum Gasteiger partial charge on any atom is 0.240 e. The molecule has 128 valence electrons. The second kappa shape index (κ2) is 5.99. The van der Waals surface area contributed by atoms with E-state index in [1.54, 1.807) is 25.3 Å². The van der Waals surface area contributed by atoms with Crippen molar-refractivity contribution in [3.63, 3.8) is 0 Å². The predicted octanol–water partition coefficient (Wildman–Crippen LogP) is 3.70. The van der Waals surface area contributed by atoms with E-state index in [0.717, 1.165) is 35.4 Å². The van der Waals surface area contributed by atoms with Gasteiger partial charge in [0.25, 0.3) is 0 Å². The van der Waals surface area contributed by atoms with E-state index in [1.807, 2.05) is 18.2 Å². The lowest BCUT2D eigenvalue weighted by molar-refractivity contribution is -0.131. The van der Waals surface area contributed by atoms with Crippen molar-refractivity contribution in [2.75, 3.05) is 7.11 Å². The first-order valence-electron chi connectivity index (χ1n) is 8.40. The van der Waals surface area contributed by atoms with Crippen LogP contribution < -0.4 is 4.74 Å². The van der Waals surface area contributed by atoms with Gasteiger partial charge in [-0.3, -0.25) is 4.79 Å². The fraction of sp³-hybridized carbons (Fsp3) is 0.300. The zero-order valence-electron chi connectivity index (χ0n) is 14.2. The summed E-state index contributed by atoms with van der Waals surface area (Å²) in [5.74, 6) is 0.340. The van der Waals surface area contributed by atoms with Gasteiger partial charge in [-0.25, -0.2) is 9.40 Å². The molecule has 1 aliphatic heterocycles. The van der Waals surface area contributed by atoms with Crippen LogP contribution in [0.2, 0.25) is 0 Å². The Balaban J connectivity index is 1.81. The molecular formula is C20H19FN2O2. The predicted molar refractivity (Wildman–Crippen MR) is 93.0 cm³/mol. The summed E-state index contributed by atoms with van der Waals surface area (Å²) in [5, 5.41) is 6.04. The molecule has 0 spiro atoms. The number of nitrogens with zero attached hydrogens (tertiary/aromatic N) is 2. The van der Waals surface area contributed by atoms with Crippen LogP contribution in [-0.4, -0.2) is 23.7 Å². The number of hydrogen-bond donors (Lipinski definition) is 0. The van der Waals surface area contributed by atoms with Gasteiger partial charge in [0.1, 0.15) is 11.6 Å². The van der Waals surface area contributed by atoms with Crippen LogP contribution in [0, 0.1) is 11.7 Å². The number of benzene rings is 2. The first-order valence-corrected chi connectivity index (χ1v) is 8.40. The van der Waals surface area contributed by atoms with Crippen molar-refractivity contribution >= 4 is 11.6 Å². The third kappa shape index (κ3) is 2.51. The van der Waals surface area contributed by atoms with Gasteiger partial charge < -0.3 is 4.74 Å². The SMILES string of the molecule is COc1ccc2c(c1)CCC1C2=NN(C(C)=O)C1c1ccccc1F. The van der Waals surface area contributed by atoms with Crippen molar-refractivity contribution in [1.82, 2.24) is 5.01 Å². The van der Waals surface area contributed by atoms with Crippen LogP contribution in [0.1, 0.15) is 36.1 Å². The number of amides is 1. The molecule has 2 aromatic rings. The molecule has 0 saturated carbocycles. The Labute approximate surface area is 145 Å². The van der Waals surface area contributed by atoms with Crippen LogP contribution in [0.25, 0.3) is 0 Å². The maximum absolute atomic E-state index is 14.4. The second-order valence-electron chi connectivity index (χ2n) is 6.48. The largest absolute Gasteiger partial charge is 0.497 e. The van der Waals surface area contributed by atoms with E-state index >= 15 is 0 Å². The zero-order valence-corrected chi connectivity index (χ0v) is 14.2. The maximum atomic E-state index is 14.4. The summed E-state index contributed by atoms with van der Waals surface area (Å²) in [7, 11) is 1.64. The minimum Gasteiger partial charge on any atom is -0.497 e. The number of aryl methyl sites for hydroxylation is 1. The van der Waals surface area contributed by atoms with Crippen LogP contribution in [0.5, 0.6) is 5.75 Å². The number of hydrazone groups is 1. The average molecular weight is 338 g/mol. The summed E-state index contributed by atoms with van der Waals surface area (Å²) in [6.07, 6.45) is 1.68. The van der Waals surface area contributed by atoms with E-state index in [4.69, 9.17) is 4.74 Å². The second-order valence-corrected chi connectivity index (χ2v) is 6.48. The molecule has 0 saturated heterocycles. The third-order valence-electron chi connectivity index (χ3n) is 5.07. The van der Waals surface area contributed by atoms with E-state index in [1.165, 1.54) is 18.0 Å². The van der Waals surface area contributed by atoms with Gasteiger partial charge in [0.2, 0.25) is 5.91 Å². The molecule has 2 unspecified atom stereocenters. The van der Waals surface area contributed by atoms with E-state index in [2.05, 4.69) is 5.10 Å². The summed E-state index contributed by atoms with van der Waals surface area (Å²) >= 11 is 0. The Kier molecular flexibility index (Phi) is 3.79. The quantitative estimate of drug-likeness (QED) is 0.838. The van der Waals surface area contributed by atoms with Crippen LogP contribution in [0.15, 0.2) is 47.6 Å². The molecule has 0 bridgehead atoms. The number of carbonyl (C=O) groups excluding carboxylic acids is 1. The molecule has 0 aromatic heterocycles. The highest BCUT2D eigenvalue weighted by atomic mass is 19.1. The molecule has 2 aliphatic rings. The highest BCUT2D eigenvalue weighted by molar-refractivity contribution is 6.06. The number of fused-ring (bicyclic) bond motifs is 3. The van der Waals surface area contributed by atoms with Gasteiger partial charge in [-0.15, -0.1) is 0 Å². The van der Waals surface area contributed by atoms with Gasteiger partial charge in [0.05, 0.1) is 18.9 Å². The topological polar surface area (TPSA) is 41.9 Å². The van der Waals surface area contributed by atoms with Gasteiger partial charge in [0.15, 0.2) is 0 Å². The lowest BCUT2D eigenvalue weighted by Crippen LogP contribution is -2.31. The van der Waals surface area contributed by atoms with Crippen LogP contribution in [0.3, 0.4) is 0 Å². The Hall–Kier alpha value is -2.69. The van der Waals surface area contributed by atoms with Gasteiger partial charge in [-0.1, -0.05) is 18.2 Å². The number of carbonyl (C=O) groups is 1. The lowest BCUT2D eigenvalue weighted by atomic mass is 9.77. The summed E-state index contributed by atoms with van der Waals surface area (Å²) in [6.45, 7) is 1.48. The number of ether oxygens (including phenoxy) is 1. The Morgan fingerprint density at radius 2 is 2.08 bits per heavy atom. The van der Waals surface area contributed by atoms with Crippen LogP contribution in [-0.2, 0) is 11.2 Å². The van der Waals surface area contributed by atoms with E-state index in [-0.39, 0.29) is 23.7 Å². The van der Waals surface area contributed by atoms with Gasteiger partial charge in [0, 0.05) is 24.0 Å². The van der Waals surface area contributed by atoms with E-state index in [9.17, 15) is 9.18 Å². The normalized spacial score (nSPS) is 21.4. The van der Waals surface area contributed by atoms with Crippen LogP contribution >= 0.6 is 0 Å². The van der Waals surface area contributed by atoms with E-state index < -0.39 is 0 Å². The Morgan fingerprint density at radius 3 is 2.80 bits per heavy atom. The molecule has 0 fully saturated rings. The Morgan fingerprint density at radius 1 is 1.28 bits per heavy atom. The number of halogens is 1. The monoisotopic (exact) mass is 338 g/mol. The fourth-order valence-corrected chi connectivity index (χ4v) is 3.92.